The van der Waals surface area contributed by atoms with Gasteiger partial charge in [0.25, 0.3) is 0 Å². The second kappa shape index (κ2) is 5.83. The van der Waals surface area contributed by atoms with E-state index in [2.05, 4.69) is 19.9 Å². The molecule has 0 unspecified atom stereocenters. The lowest BCUT2D eigenvalue weighted by molar-refractivity contribution is 0.544. The van der Waals surface area contributed by atoms with Crippen molar-refractivity contribution in [1.82, 2.24) is 15.0 Å². The molecule has 4 nitrogen and oxygen atoms in total. The van der Waals surface area contributed by atoms with Gasteiger partial charge in [0, 0.05) is 13.1 Å². The maximum atomic E-state index is 5.79. The van der Waals surface area contributed by atoms with E-state index < -0.39 is 0 Å². The topological polar surface area (TPSA) is 41.9 Å². The standard InChI is InChI=1S/C11H16Cl2N4/c1-17(8-6-4-2-3-5-7-8)11-15-9(12)14-10(13)16-11/h8H,2-7H2,1H3. The first-order chi connectivity index (χ1) is 8.16. The molecule has 1 aliphatic rings. The summed E-state index contributed by atoms with van der Waals surface area (Å²) in [6.07, 6.45) is 7.53. The summed E-state index contributed by atoms with van der Waals surface area (Å²) >= 11 is 11.6. The molecule has 2 rings (SSSR count). The van der Waals surface area contributed by atoms with E-state index in [1.807, 2.05) is 7.05 Å². The molecule has 1 aromatic heterocycles. The minimum Gasteiger partial charge on any atom is -0.341 e. The second-order valence-corrected chi connectivity index (χ2v) is 5.11. The third kappa shape index (κ3) is 3.42. The van der Waals surface area contributed by atoms with Gasteiger partial charge in [-0.05, 0) is 36.0 Å². The summed E-state index contributed by atoms with van der Waals surface area (Å²) in [5.41, 5.74) is 0. The maximum absolute atomic E-state index is 5.79. The first kappa shape index (κ1) is 12.8. The zero-order valence-corrected chi connectivity index (χ0v) is 11.4. The van der Waals surface area contributed by atoms with E-state index in [4.69, 9.17) is 23.2 Å². The molecule has 0 amide bonds. The summed E-state index contributed by atoms with van der Waals surface area (Å²) in [6, 6.07) is 0.479. The third-order valence-electron chi connectivity index (χ3n) is 3.26. The summed E-state index contributed by atoms with van der Waals surface area (Å²) in [5, 5.41) is 0.306. The summed E-state index contributed by atoms with van der Waals surface area (Å²) in [4.78, 5) is 14.1. The van der Waals surface area contributed by atoms with Crippen LogP contribution in [0, 0.1) is 0 Å². The molecule has 1 aromatic rings. The number of halogens is 2. The van der Waals surface area contributed by atoms with Crippen LogP contribution >= 0.6 is 23.2 Å². The Morgan fingerprint density at radius 2 is 1.47 bits per heavy atom. The molecule has 0 bridgehead atoms. The van der Waals surface area contributed by atoms with Crippen molar-refractivity contribution in [3.63, 3.8) is 0 Å². The third-order valence-corrected chi connectivity index (χ3v) is 3.59. The summed E-state index contributed by atoms with van der Waals surface area (Å²) < 4.78 is 0. The van der Waals surface area contributed by atoms with Crippen molar-refractivity contribution in [3.8, 4) is 0 Å². The average Bonchev–Trinajstić information content (AvgIpc) is 2.55. The van der Waals surface area contributed by atoms with Gasteiger partial charge in [-0.1, -0.05) is 25.7 Å². The molecule has 1 saturated carbocycles. The van der Waals surface area contributed by atoms with E-state index in [1.54, 1.807) is 0 Å². The molecule has 0 saturated heterocycles. The zero-order valence-electron chi connectivity index (χ0n) is 9.86. The number of hydrogen-bond acceptors (Lipinski definition) is 4. The van der Waals surface area contributed by atoms with Gasteiger partial charge in [-0.2, -0.15) is 15.0 Å². The van der Waals surface area contributed by atoms with E-state index in [-0.39, 0.29) is 10.6 Å². The number of nitrogens with zero attached hydrogens (tertiary/aromatic N) is 4. The largest absolute Gasteiger partial charge is 0.341 e. The highest BCUT2D eigenvalue weighted by atomic mass is 35.5. The molecule has 0 aromatic carbocycles. The van der Waals surface area contributed by atoms with E-state index in [9.17, 15) is 0 Å². The van der Waals surface area contributed by atoms with Gasteiger partial charge in [0.15, 0.2) is 0 Å². The number of hydrogen-bond donors (Lipinski definition) is 0. The van der Waals surface area contributed by atoms with Crippen LogP contribution in [0.4, 0.5) is 5.95 Å². The van der Waals surface area contributed by atoms with Gasteiger partial charge in [-0.3, -0.25) is 0 Å². The minimum absolute atomic E-state index is 0.153. The molecular formula is C11H16Cl2N4. The molecule has 6 heteroatoms. The molecule has 1 aliphatic carbocycles. The van der Waals surface area contributed by atoms with Gasteiger partial charge < -0.3 is 4.90 Å². The molecule has 0 aliphatic heterocycles. The highest BCUT2D eigenvalue weighted by Gasteiger charge is 2.20. The Labute approximate surface area is 111 Å². The lowest BCUT2D eigenvalue weighted by Gasteiger charge is -2.27. The van der Waals surface area contributed by atoms with Crippen molar-refractivity contribution in [1.29, 1.82) is 0 Å². The van der Waals surface area contributed by atoms with Crippen LogP contribution in [0.3, 0.4) is 0 Å². The van der Waals surface area contributed by atoms with Crippen molar-refractivity contribution < 1.29 is 0 Å². The Balaban J connectivity index is 2.14. The van der Waals surface area contributed by atoms with Crippen molar-refractivity contribution in [2.75, 3.05) is 11.9 Å². The van der Waals surface area contributed by atoms with Crippen LogP contribution in [0.1, 0.15) is 38.5 Å². The molecule has 0 radical (unpaired) electrons. The second-order valence-electron chi connectivity index (χ2n) is 4.43. The fourth-order valence-corrected chi connectivity index (χ4v) is 2.64. The fourth-order valence-electron chi connectivity index (χ4n) is 2.28. The molecule has 1 fully saturated rings. The lowest BCUT2D eigenvalue weighted by Crippen LogP contribution is -2.32. The number of aromatic nitrogens is 3. The molecule has 1 heterocycles. The van der Waals surface area contributed by atoms with Gasteiger partial charge in [0.05, 0.1) is 0 Å². The average molecular weight is 275 g/mol. The van der Waals surface area contributed by atoms with Crippen LogP contribution in [0.25, 0.3) is 0 Å². The quantitative estimate of drug-likeness (QED) is 0.776. The first-order valence-corrected chi connectivity index (χ1v) is 6.72. The van der Waals surface area contributed by atoms with Crippen LogP contribution in [0.5, 0.6) is 0 Å². The molecule has 17 heavy (non-hydrogen) atoms. The minimum atomic E-state index is 0.153. The number of anilines is 1. The predicted molar refractivity (Wildman–Crippen MR) is 69.7 cm³/mol. The Morgan fingerprint density at radius 3 is 2.00 bits per heavy atom. The van der Waals surface area contributed by atoms with Crippen molar-refractivity contribution in [2.45, 2.75) is 44.6 Å². The zero-order chi connectivity index (χ0) is 12.3. The van der Waals surface area contributed by atoms with E-state index in [0.717, 1.165) is 0 Å². The number of rotatable bonds is 2. The Kier molecular flexibility index (Phi) is 4.40. The molecule has 94 valence electrons. The van der Waals surface area contributed by atoms with Crippen molar-refractivity contribution >= 4 is 29.2 Å². The Morgan fingerprint density at radius 1 is 0.941 bits per heavy atom. The molecular weight excluding hydrogens is 259 g/mol. The monoisotopic (exact) mass is 274 g/mol. The van der Waals surface area contributed by atoms with Crippen LogP contribution in [-0.2, 0) is 0 Å². The van der Waals surface area contributed by atoms with Gasteiger partial charge in [0.1, 0.15) is 0 Å². The van der Waals surface area contributed by atoms with Gasteiger partial charge in [0.2, 0.25) is 16.5 Å². The summed E-state index contributed by atoms with van der Waals surface area (Å²) in [6.45, 7) is 0. The fraction of sp³-hybridized carbons (Fsp3) is 0.727. The van der Waals surface area contributed by atoms with Crippen LogP contribution in [0.2, 0.25) is 10.6 Å². The Hall–Kier alpha value is -0.610. The Bertz CT molecular complexity index is 357. The summed E-state index contributed by atoms with van der Waals surface area (Å²) in [7, 11) is 2.00. The van der Waals surface area contributed by atoms with Crippen molar-refractivity contribution in [2.24, 2.45) is 0 Å². The molecule has 0 spiro atoms. The smallest absolute Gasteiger partial charge is 0.230 e. The van der Waals surface area contributed by atoms with Crippen LogP contribution < -0.4 is 4.90 Å². The van der Waals surface area contributed by atoms with E-state index >= 15 is 0 Å². The van der Waals surface area contributed by atoms with Gasteiger partial charge in [-0.15, -0.1) is 0 Å². The van der Waals surface area contributed by atoms with Gasteiger partial charge in [-0.25, -0.2) is 0 Å². The highest BCUT2D eigenvalue weighted by Crippen LogP contribution is 2.24. The van der Waals surface area contributed by atoms with Gasteiger partial charge >= 0.3 is 0 Å². The van der Waals surface area contributed by atoms with Crippen LogP contribution in [0.15, 0.2) is 0 Å². The normalized spacial score (nSPS) is 17.8. The van der Waals surface area contributed by atoms with E-state index in [0.29, 0.717) is 12.0 Å². The lowest BCUT2D eigenvalue weighted by atomic mass is 10.1. The highest BCUT2D eigenvalue weighted by molar-refractivity contribution is 6.31. The SMILES string of the molecule is CN(c1nc(Cl)nc(Cl)n1)C1CCCCCC1. The van der Waals surface area contributed by atoms with E-state index in [1.165, 1.54) is 38.5 Å². The molecule has 0 N–H and O–H groups in total. The van der Waals surface area contributed by atoms with Crippen molar-refractivity contribution in [3.05, 3.63) is 10.6 Å². The molecule has 0 atom stereocenters. The predicted octanol–water partition coefficient (Wildman–Crippen LogP) is 3.34. The summed E-state index contributed by atoms with van der Waals surface area (Å²) in [5.74, 6) is 0.571. The van der Waals surface area contributed by atoms with Crippen LogP contribution in [-0.4, -0.2) is 28.0 Å². The maximum Gasteiger partial charge on any atom is 0.230 e. The first-order valence-electron chi connectivity index (χ1n) is 5.97.